The number of hydrogen-bond donors (Lipinski definition) is 0. The van der Waals surface area contributed by atoms with Crippen LogP contribution >= 0.6 is 11.3 Å². The fraction of sp³-hybridized carbons (Fsp3) is 0.167. The van der Waals surface area contributed by atoms with E-state index in [1.54, 1.807) is 17.5 Å². The molecule has 0 fully saturated rings. The smallest absolute Gasteiger partial charge is 0.349 e. The van der Waals surface area contributed by atoms with Gasteiger partial charge in [-0.05, 0) is 29.1 Å². The summed E-state index contributed by atoms with van der Waals surface area (Å²) in [6, 6.07) is 14.1. The molecular formula is C18H17NO5S2. The van der Waals surface area contributed by atoms with Gasteiger partial charge in [0.1, 0.15) is 15.5 Å². The van der Waals surface area contributed by atoms with Crippen LogP contribution < -0.4 is 0 Å². The number of hydrogen-bond acceptors (Lipinski definition) is 6. The molecule has 3 rings (SSSR count). The Morgan fingerprint density at radius 3 is 2.54 bits per heavy atom. The predicted octanol–water partition coefficient (Wildman–Crippen LogP) is 3.52. The van der Waals surface area contributed by atoms with E-state index in [0.717, 1.165) is 16.9 Å². The van der Waals surface area contributed by atoms with E-state index in [-0.39, 0.29) is 22.9 Å². The maximum Gasteiger partial charge on any atom is 0.349 e. The second-order valence-electron chi connectivity index (χ2n) is 5.44. The van der Waals surface area contributed by atoms with Crippen LogP contribution in [0.2, 0.25) is 0 Å². The van der Waals surface area contributed by atoms with E-state index < -0.39 is 16.0 Å². The minimum absolute atomic E-state index is 0.0562. The van der Waals surface area contributed by atoms with Gasteiger partial charge in [-0.25, -0.2) is 13.2 Å². The molecule has 0 aliphatic heterocycles. The van der Waals surface area contributed by atoms with Crippen molar-refractivity contribution < 1.29 is 22.4 Å². The largest absolute Gasteiger partial charge is 0.468 e. The van der Waals surface area contributed by atoms with Crippen molar-refractivity contribution in [2.24, 2.45) is 0 Å². The standard InChI is InChI=1S/C18H17NO5S2/c1-23-18(20)17-16(9-11-25-17)26(21,22)19(13-15-8-5-10-24-15)12-14-6-3-2-4-7-14/h2-11H,12-13H2,1H3. The van der Waals surface area contributed by atoms with Crippen LogP contribution in [0.15, 0.2) is 69.5 Å². The van der Waals surface area contributed by atoms with Crippen LogP contribution in [0.5, 0.6) is 0 Å². The minimum atomic E-state index is -3.93. The van der Waals surface area contributed by atoms with Gasteiger partial charge in [-0.15, -0.1) is 11.3 Å². The minimum Gasteiger partial charge on any atom is -0.468 e. The summed E-state index contributed by atoms with van der Waals surface area (Å²) in [5.74, 6) is -0.157. The van der Waals surface area contributed by atoms with Crippen molar-refractivity contribution in [3.63, 3.8) is 0 Å². The lowest BCUT2D eigenvalue weighted by Crippen LogP contribution is -2.30. The number of ether oxygens (including phenoxy) is 1. The van der Waals surface area contributed by atoms with Gasteiger partial charge >= 0.3 is 5.97 Å². The molecule has 0 atom stereocenters. The maximum absolute atomic E-state index is 13.2. The lowest BCUT2D eigenvalue weighted by Gasteiger charge is -2.21. The van der Waals surface area contributed by atoms with Gasteiger partial charge in [0.05, 0.1) is 19.9 Å². The Balaban J connectivity index is 1.99. The van der Waals surface area contributed by atoms with Crippen molar-refractivity contribution >= 4 is 27.3 Å². The molecule has 0 N–H and O–H groups in total. The molecule has 1 aromatic carbocycles. The summed E-state index contributed by atoms with van der Waals surface area (Å²) >= 11 is 1.04. The summed E-state index contributed by atoms with van der Waals surface area (Å²) in [6.45, 7) is 0.209. The van der Waals surface area contributed by atoms with Crippen molar-refractivity contribution in [1.29, 1.82) is 0 Å². The molecule has 0 bridgehead atoms. The van der Waals surface area contributed by atoms with Crippen LogP contribution in [0.4, 0.5) is 0 Å². The van der Waals surface area contributed by atoms with Crippen LogP contribution in [0.3, 0.4) is 0 Å². The van der Waals surface area contributed by atoms with Gasteiger partial charge in [0.15, 0.2) is 0 Å². The molecule has 6 nitrogen and oxygen atoms in total. The number of thiophene rings is 1. The quantitative estimate of drug-likeness (QED) is 0.576. The van der Waals surface area contributed by atoms with Crippen molar-refractivity contribution in [2.75, 3.05) is 7.11 Å². The molecule has 26 heavy (non-hydrogen) atoms. The predicted molar refractivity (Wildman–Crippen MR) is 97.2 cm³/mol. The molecule has 0 saturated heterocycles. The fourth-order valence-corrected chi connectivity index (χ4v) is 5.17. The molecule has 2 heterocycles. The Morgan fingerprint density at radius 2 is 1.88 bits per heavy atom. The van der Waals surface area contributed by atoms with E-state index in [4.69, 9.17) is 9.15 Å². The number of sulfonamides is 1. The zero-order valence-electron chi connectivity index (χ0n) is 14.0. The van der Waals surface area contributed by atoms with Gasteiger partial charge in [0.25, 0.3) is 0 Å². The molecule has 0 unspecified atom stereocenters. The van der Waals surface area contributed by atoms with Crippen LogP contribution in [-0.2, 0) is 27.8 Å². The van der Waals surface area contributed by atoms with Crippen LogP contribution in [0.1, 0.15) is 21.0 Å². The summed E-state index contributed by atoms with van der Waals surface area (Å²) in [4.78, 5) is 11.9. The fourth-order valence-electron chi connectivity index (χ4n) is 2.47. The van der Waals surface area contributed by atoms with E-state index in [1.165, 1.54) is 23.7 Å². The number of benzene rings is 1. The number of rotatable bonds is 7. The third kappa shape index (κ3) is 3.87. The van der Waals surface area contributed by atoms with E-state index >= 15 is 0 Å². The molecule has 136 valence electrons. The van der Waals surface area contributed by atoms with Gasteiger partial charge < -0.3 is 9.15 Å². The van der Waals surface area contributed by atoms with Crippen molar-refractivity contribution in [2.45, 2.75) is 18.0 Å². The van der Waals surface area contributed by atoms with Gasteiger partial charge in [0, 0.05) is 6.54 Å². The van der Waals surface area contributed by atoms with Crippen molar-refractivity contribution in [3.05, 3.63) is 76.4 Å². The molecular weight excluding hydrogens is 374 g/mol. The molecule has 0 amide bonds. The molecule has 3 aromatic rings. The molecule has 0 spiro atoms. The molecule has 0 radical (unpaired) electrons. The van der Waals surface area contributed by atoms with E-state index in [0.29, 0.717) is 5.76 Å². The van der Waals surface area contributed by atoms with Gasteiger partial charge in [-0.1, -0.05) is 30.3 Å². The number of carbonyl (C=O) groups excluding carboxylic acids is 1. The molecule has 8 heteroatoms. The Kier molecular flexibility index (Phi) is 5.55. The SMILES string of the molecule is COC(=O)c1sccc1S(=O)(=O)N(Cc1ccccc1)Cc1ccco1. The highest BCUT2D eigenvalue weighted by molar-refractivity contribution is 7.89. The maximum atomic E-state index is 13.2. The molecule has 0 aliphatic rings. The number of carbonyl (C=O) groups is 1. The average Bonchev–Trinajstić information content (AvgIpc) is 3.33. The van der Waals surface area contributed by atoms with Gasteiger partial charge in [-0.3, -0.25) is 0 Å². The van der Waals surface area contributed by atoms with Crippen molar-refractivity contribution in [3.8, 4) is 0 Å². The van der Waals surface area contributed by atoms with E-state index in [2.05, 4.69) is 0 Å². The number of furan rings is 1. The Labute approximate surface area is 155 Å². The van der Waals surface area contributed by atoms with Crippen molar-refractivity contribution in [1.82, 2.24) is 4.31 Å². The monoisotopic (exact) mass is 391 g/mol. The van der Waals surface area contributed by atoms with Gasteiger partial charge in [-0.2, -0.15) is 4.31 Å². The first-order valence-electron chi connectivity index (χ1n) is 7.74. The molecule has 0 saturated carbocycles. The number of methoxy groups -OCH3 is 1. The highest BCUT2D eigenvalue weighted by Gasteiger charge is 2.31. The summed E-state index contributed by atoms with van der Waals surface area (Å²) < 4.78 is 37.8. The zero-order valence-corrected chi connectivity index (χ0v) is 15.6. The summed E-state index contributed by atoms with van der Waals surface area (Å²) in [5.41, 5.74) is 0.831. The van der Waals surface area contributed by atoms with Gasteiger partial charge in [0.2, 0.25) is 10.0 Å². The van der Waals surface area contributed by atoms with Crippen LogP contribution in [0.25, 0.3) is 0 Å². The average molecular weight is 391 g/mol. The normalized spacial score (nSPS) is 11.6. The molecule has 0 aliphatic carbocycles. The summed E-state index contributed by atoms with van der Waals surface area (Å²) in [5, 5.41) is 1.56. The highest BCUT2D eigenvalue weighted by atomic mass is 32.2. The second kappa shape index (κ2) is 7.86. The van der Waals surface area contributed by atoms with E-state index in [9.17, 15) is 13.2 Å². The lowest BCUT2D eigenvalue weighted by molar-refractivity contribution is 0.0602. The highest BCUT2D eigenvalue weighted by Crippen LogP contribution is 2.28. The van der Waals surface area contributed by atoms with Crippen LogP contribution in [0, 0.1) is 0 Å². The lowest BCUT2D eigenvalue weighted by atomic mass is 10.2. The first kappa shape index (κ1) is 18.4. The third-order valence-corrected chi connectivity index (χ3v) is 6.59. The zero-order chi connectivity index (χ0) is 18.6. The first-order valence-corrected chi connectivity index (χ1v) is 10.1. The topological polar surface area (TPSA) is 76.8 Å². The summed E-state index contributed by atoms with van der Waals surface area (Å²) in [6.07, 6.45) is 1.49. The molecule has 2 aromatic heterocycles. The number of nitrogens with zero attached hydrogens (tertiary/aromatic N) is 1. The van der Waals surface area contributed by atoms with Crippen LogP contribution in [-0.4, -0.2) is 25.8 Å². The second-order valence-corrected chi connectivity index (χ2v) is 8.27. The Bertz CT molecular complexity index is 962. The Morgan fingerprint density at radius 1 is 1.12 bits per heavy atom. The summed E-state index contributed by atoms with van der Waals surface area (Å²) in [7, 11) is -2.71. The number of esters is 1. The van der Waals surface area contributed by atoms with E-state index in [1.807, 2.05) is 30.3 Å². The Hall–Kier alpha value is -2.42. The third-order valence-electron chi connectivity index (χ3n) is 3.73. The first-order chi connectivity index (χ1) is 12.5.